The normalized spacial score (nSPS) is 19.7. The predicted octanol–water partition coefficient (Wildman–Crippen LogP) is 0.532. The zero-order chi connectivity index (χ0) is 21.6. The lowest BCUT2D eigenvalue weighted by Gasteiger charge is -2.35. The minimum absolute atomic E-state index is 0.0208. The SMILES string of the molecule is NC/C(=C/F)COc1ccc(S(=O)(=O)N2CCC(C(=O)N3CCOCC3)CC2)cn1. The van der Waals surface area contributed by atoms with Crippen LogP contribution < -0.4 is 10.5 Å². The second-order valence-electron chi connectivity index (χ2n) is 7.21. The highest BCUT2D eigenvalue weighted by molar-refractivity contribution is 7.89. The van der Waals surface area contributed by atoms with Crippen molar-refractivity contribution in [3.63, 3.8) is 0 Å². The number of carbonyl (C=O) groups excluding carboxylic acids is 1. The number of aromatic nitrogens is 1. The minimum atomic E-state index is -3.71. The third kappa shape index (κ3) is 5.34. The third-order valence-corrected chi connectivity index (χ3v) is 7.18. The molecule has 1 amide bonds. The number of pyridine rings is 1. The van der Waals surface area contributed by atoms with Gasteiger partial charge in [-0.1, -0.05) is 0 Å². The Hall–Kier alpha value is -2.08. The lowest BCUT2D eigenvalue weighted by atomic mass is 9.96. The summed E-state index contributed by atoms with van der Waals surface area (Å²) in [5.74, 6) is 0.0954. The monoisotopic (exact) mass is 442 g/mol. The number of sulfonamides is 1. The van der Waals surface area contributed by atoms with Crippen molar-refractivity contribution < 1.29 is 27.1 Å². The van der Waals surface area contributed by atoms with Gasteiger partial charge in [-0.05, 0) is 18.9 Å². The summed E-state index contributed by atoms with van der Waals surface area (Å²) in [5, 5.41) is 0. The summed E-state index contributed by atoms with van der Waals surface area (Å²) in [7, 11) is -3.71. The van der Waals surface area contributed by atoms with Crippen LogP contribution in [0.3, 0.4) is 0 Å². The van der Waals surface area contributed by atoms with Gasteiger partial charge in [0.2, 0.25) is 21.8 Å². The smallest absolute Gasteiger partial charge is 0.244 e. The molecule has 30 heavy (non-hydrogen) atoms. The van der Waals surface area contributed by atoms with E-state index in [9.17, 15) is 17.6 Å². The number of hydrogen-bond donors (Lipinski definition) is 1. The highest BCUT2D eigenvalue weighted by atomic mass is 32.2. The molecule has 2 N–H and O–H groups in total. The van der Waals surface area contributed by atoms with Gasteiger partial charge >= 0.3 is 0 Å². The summed E-state index contributed by atoms with van der Waals surface area (Å²) >= 11 is 0. The summed E-state index contributed by atoms with van der Waals surface area (Å²) in [6.07, 6.45) is 2.58. The van der Waals surface area contributed by atoms with E-state index in [1.807, 2.05) is 0 Å². The third-order valence-electron chi connectivity index (χ3n) is 5.29. The molecule has 2 aliphatic heterocycles. The summed E-state index contributed by atoms with van der Waals surface area (Å²) in [6, 6.07) is 2.83. The number of nitrogens with two attached hydrogens (primary N) is 1. The number of morpholine rings is 1. The fourth-order valence-corrected chi connectivity index (χ4v) is 4.86. The van der Waals surface area contributed by atoms with Gasteiger partial charge in [0.15, 0.2) is 0 Å². The molecule has 1 aromatic rings. The van der Waals surface area contributed by atoms with E-state index in [0.29, 0.717) is 45.5 Å². The molecule has 1 aromatic heterocycles. The van der Waals surface area contributed by atoms with Crippen LogP contribution in [0, 0.1) is 5.92 Å². The van der Waals surface area contributed by atoms with Crippen LogP contribution in [0.5, 0.6) is 5.88 Å². The maximum Gasteiger partial charge on any atom is 0.244 e. The number of carbonyl (C=O) groups is 1. The predicted molar refractivity (Wildman–Crippen MR) is 107 cm³/mol. The molecule has 2 saturated heterocycles. The molecule has 3 heterocycles. The molecule has 0 spiro atoms. The van der Waals surface area contributed by atoms with Crippen molar-refractivity contribution in [2.24, 2.45) is 11.7 Å². The van der Waals surface area contributed by atoms with E-state index >= 15 is 0 Å². The molecule has 0 aliphatic carbocycles. The summed E-state index contributed by atoms with van der Waals surface area (Å²) < 4.78 is 50.3. The lowest BCUT2D eigenvalue weighted by molar-refractivity contribution is -0.140. The summed E-state index contributed by atoms with van der Waals surface area (Å²) in [4.78, 5) is 18.5. The molecule has 0 atom stereocenters. The molecule has 11 heteroatoms. The van der Waals surface area contributed by atoms with Crippen molar-refractivity contribution >= 4 is 15.9 Å². The number of halogens is 1. The van der Waals surface area contributed by atoms with Crippen LogP contribution in [0.4, 0.5) is 4.39 Å². The van der Waals surface area contributed by atoms with Crippen LogP contribution in [0.15, 0.2) is 35.1 Å². The van der Waals surface area contributed by atoms with Crippen molar-refractivity contribution in [1.82, 2.24) is 14.2 Å². The van der Waals surface area contributed by atoms with Gasteiger partial charge in [0.1, 0.15) is 11.5 Å². The molecule has 166 valence electrons. The fourth-order valence-electron chi connectivity index (χ4n) is 3.44. The van der Waals surface area contributed by atoms with Crippen LogP contribution in [0.1, 0.15) is 12.8 Å². The van der Waals surface area contributed by atoms with Gasteiger partial charge in [-0.15, -0.1) is 0 Å². The second kappa shape index (κ2) is 10.3. The number of piperidine rings is 1. The molecule has 0 aromatic carbocycles. The topological polar surface area (TPSA) is 115 Å². The van der Waals surface area contributed by atoms with Gasteiger partial charge in [0.05, 0.1) is 25.7 Å². The Morgan fingerprint density at radius 3 is 2.53 bits per heavy atom. The van der Waals surface area contributed by atoms with E-state index in [-0.39, 0.29) is 54.4 Å². The van der Waals surface area contributed by atoms with Gasteiger partial charge < -0.3 is 20.1 Å². The van der Waals surface area contributed by atoms with E-state index in [0.717, 1.165) is 0 Å². The minimum Gasteiger partial charge on any atom is -0.473 e. The number of amides is 1. The van der Waals surface area contributed by atoms with Gasteiger partial charge in [0.25, 0.3) is 0 Å². The zero-order valence-corrected chi connectivity index (χ0v) is 17.5. The van der Waals surface area contributed by atoms with Gasteiger partial charge in [-0.2, -0.15) is 4.31 Å². The van der Waals surface area contributed by atoms with E-state index < -0.39 is 10.0 Å². The highest BCUT2D eigenvalue weighted by Gasteiger charge is 2.34. The number of ether oxygens (including phenoxy) is 2. The molecule has 0 unspecified atom stereocenters. The maximum atomic E-state index is 12.9. The number of nitrogens with zero attached hydrogens (tertiary/aromatic N) is 3. The first-order valence-corrected chi connectivity index (χ1v) is 11.3. The molecule has 9 nitrogen and oxygen atoms in total. The molecule has 3 rings (SSSR count). The highest BCUT2D eigenvalue weighted by Crippen LogP contribution is 2.25. The van der Waals surface area contributed by atoms with E-state index in [1.165, 1.54) is 22.6 Å². The average Bonchev–Trinajstić information content (AvgIpc) is 2.80. The molecular formula is C19H27FN4O5S. The van der Waals surface area contributed by atoms with Gasteiger partial charge in [-0.3, -0.25) is 4.79 Å². The fraction of sp³-hybridized carbons (Fsp3) is 0.579. The largest absolute Gasteiger partial charge is 0.473 e. The Bertz CT molecular complexity index is 848. The molecule has 0 radical (unpaired) electrons. The Morgan fingerprint density at radius 1 is 1.27 bits per heavy atom. The zero-order valence-electron chi connectivity index (χ0n) is 16.7. The quantitative estimate of drug-likeness (QED) is 0.655. The first kappa shape index (κ1) is 22.6. The summed E-state index contributed by atoms with van der Waals surface area (Å²) in [5.41, 5.74) is 5.63. The second-order valence-corrected chi connectivity index (χ2v) is 9.15. The maximum absolute atomic E-state index is 12.9. The van der Waals surface area contributed by atoms with Crippen molar-refractivity contribution in [2.75, 3.05) is 52.5 Å². The van der Waals surface area contributed by atoms with Gasteiger partial charge in [0, 0.05) is 50.3 Å². The van der Waals surface area contributed by atoms with Crippen LogP contribution in [0.2, 0.25) is 0 Å². The Morgan fingerprint density at radius 2 is 1.97 bits per heavy atom. The van der Waals surface area contributed by atoms with Crippen molar-refractivity contribution in [1.29, 1.82) is 0 Å². The molecule has 2 aliphatic rings. The lowest BCUT2D eigenvalue weighted by Crippen LogP contribution is -2.47. The van der Waals surface area contributed by atoms with E-state index in [2.05, 4.69) is 4.98 Å². The Kier molecular flexibility index (Phi) is 7.75. The Balaban J connectivity index is 1.56. The first-order valence-electron chi connectivity index (χ1n) is 9.89. The molecule has 2 fully saturated rings. The van der Waals surface area contributed by atoms with Crippen LogP contribution in [0.25, 0.3) is 0 Å². The molecule has 0 saturated carbocycles. The Labute approximate surface area is 175 Å². The van der Waals surface area contributed by atoms with Gasteiger partial charge in [-0.25, -0.2) is 17.8 Å². The summed E-state index contributed by atoms with van der Waals surface area (Å²) in [6.45, 7) is 2.79. The number of hydrogen-bond acceptors (Lipinski definition) is 7. The molecular weight excluding hydrogens is 415 g/mol. The van der Waals surface area contributed by atoms with Crippen LogP contribution in [-0.4, -0.2) is 81.1 Å². The van der Waals surface area contributed by atoms with Crippen LogP contribution in [-0.2, 0) is 19.6 Å². The van der Waals surface area contributed by atoms with Crippen molar-refractivity contribution in [2.45, 2.75) is 17.7 Å². The molecule has 0 bridgehead atoms. The van der Waals surface area contributed by atoms with Crippen molar-refractivity contribution in [3.8, 4) is 5.88 Å². The van der Waals surface area contributed by atoms with Crippen LogP contribution >= 0.6 is 0 Å². The standard InChI is InChI=1S/C19H27FN4O5S/c20-11-15(12-21)14-29-18-2-1-17(13-22-18)30(26,27)24-5-3-16(4-6-24)19(25)23-7-9-28-10-8-23/h1-2,11,13,16H,3-10,12,14,21H2/b15-11-. The van der Waals surface area contributed by atoms with E-state index in [4.69, 9.17) is 15.2 Å². The number of rotatable bonds is 7. The first-order chi connectivity index (χ1) is 14.5. The average molecular weight is 443 g/mol. The van der Waals surface area contributed by atoms with Crippen molar-refractivity contribution in [3.05, 3.63) is 30.2 Å². The van der Waals surface area contributed by atoms with E-state index in [1.54, 1.807) is 4.90 Å².